The molecule has 0 unspecified atom stereocenters. The molecule has 4 rings (SSSR count). The van der Waals surface area contributed by atoms with Crippen LogP contribution >= 0.6 is 0 Å². The van der Waals surface area contributed by atoms with Crippen LogP contribution in [0.15, 0.2) is 54.3 Å². The Kier molecular flexibility index (Phi) is 4.48. The molecule has 134 valence electrons. The molecule has 0 bridgehead atoms. The molecule has 3 N–H and O–H groups in total. The fraction of sp³-hybridized carbons (Fsp3) is 0.300. The SMILES string of the molecule is Nc1nnc(-c2ccccc2O)cc1N1CCN(C2=CC=CCC2)CC1. The highest BCUT2D eigenvalue weighted by Gasteiger charge is 2.22. The lowest BCUT2D eigenvalue weighted by atomic mass is 10.1. The van der Waals surface area contributed by atoms with Gasteiger partial charge in [-0.15, -0.1) is 10.2 Å². The van der Waals surface area contributed by atoms with Crippen LogP contribution < -0.4 is 10.6 Å². The van der Waals surface area contributed by atoms with E-state index in [2.05, 4.69) is 38.2 Å². The van der Waals surface area contributed by atoms with Crippen molar-refractivity contribution in [1.82, 2.24) is 15.1 Å². The molecule has 6 nitrogen and oxygen atoms in total. The van der Waals surface area contributed by atoms with Crippen LogP contribution in [0.1, 0.15) is 12.8 Å². The molecular formula is C20H23N5O. The fourth-order valence-corrected chi connectivity index (χ4v) is 3.55. The standard InChI is InChI=1S/C20H23N5O/c21-20-18(14-17(22-23-20)16-8-4-5-9-19(16)26)25-12-10-24(11-13-25)15-6-2-1-3-7-15/h1-2,4-6,8-9,14,26H,3,7,10-13H2,(H2,21,23). The lowest BCUT2D eigenvalue weighted by Gasteiger charge is -2.39. The van der Waals surface area contributed by atoms with Crippen LogP contribution in [0.5, 0.6) is 5.75 Å². The summed E-state index contributed by atoms with van der Waals surface area (Å²) in [7, 11) is 0. The van der Waals surface area contributed by atoms with Crippen LogP contribution in [0.2, 0.25) is 0 Å². The number of anilines is 2. The summed E-state index contributed by atoms with van der Waals surface area (Å²) in [4.78, 5) is 4.71. The Morgan fingerprint density at radius 1 is 1.00 bits per heavy atom. The normalized spacial score (nSPS) is 17.3. The molecule has 2 heterocycles. The van der Waals surface area contributed by atoms with E-state index in [0.717, 1.165) is 44.7 Å². The Hall–Kier alpha value is -3.02. The molecule has 1 saturated heterocycles. The molecule has 0 atom stereocenters. The number of aromatic nitrogens is 2. The number of nitrogens with zero attached hydrogens (tertiary/aromatic N) is 4. The van der Waals surface area contributed by atoms with E-state index in [9.17, 15) is 5.11 Å². The van der Waals surface area contributed by atoms with Gasteiger partial charge in [0.05, 0.1) is 11.4 Å². The number of allylic oxidation sites excluding steroid dienone is 4. The topological polar surface area (TPSA) is 78.5 Å². The lowest BCUT2D eigenvalue weighted by Crippen LogP contribution is -2.46. The average molecular weight is 349 g/mol. The van der Waals surface area contributed by atoms with Gasteiger partial charge >= 0.3 is 0 Å². The van der Waals surface area contributed by atoms with E-state index < -0.39 is 0 Å². The van der Waals surface area contributed by atoms with Gasteiger partial charge in [-0.05, 0) is 37.1 Å². The number of rotatable bonds is 3. The summed E-state index contributed by atoms with van der Waals surface area (Å²) >= 11 is 0. The molecule has 0 radical (unpaired) electrons. The van der Waals surface area contributed by atoms with Crippen LogP contribution in [0.4, 0.5) is 11.5 Å². The average Bonchev–Trinajstić information content (AvgIpc) is 2.70. The first-order chi connectivity index (χ1) is 12.7. The van der Waals surface area contributed by atoms with Gasteiger partial charge in [0, 0.05) is 37.4 Å². The highest BCUT2D eigenvalue weighted by atomic mass is 16.3. The Balaban J connectivity index is 1.53. The van der Waals surface area contributed by atoms with Gasteiger partial charge in [0.25, 0.3) is 0 Å². The number of hydrogen-bond acceptors (Lipinski definition) is 6. The van der Waals surface area contributed by atoms with Crippen molar-refractivity contribution in [2.24, 2.45) is 0 Å². The molecule has 0 saturated carbocycles. The van der Waals surface area contributed by atoms with Crippen LogP contribution in [0, 0.1) is 0 Å². The van der Waals surface area contributed by atoms with Crippen LogP contribution in [-0.2, 0) is 0 Å². The molecule has 1 aliphatic heterocycles. The molecule has 1 fully saturated rings. The van der Waals surface area contributed by atoms with Gasteiger partial charge in [0.15, 0.2) is 5.82 Å². The molecule has 0 spiro atoms. The summed E-state index contributed by atoms with van der Waals surface area (Å²) in [5.74, 6) is 0.622. The summed E-state index contributed by atoms with van der Waals surface area (Å²) in [5, 5.41) is 18.4. The lowest BCUT2D eigenvalue weighted by molar-refractivity contribution is 0.310. The molecule has 1 aromatic carbocycles. The maximum absolute atomic E-state index is 10.1. The Morgan fingerprint density at radius 2 is 1.77 bits per heavy atom. The third-order valence-electron chi connectivity index (χ3n) is 5.00. The minimum Gasteiger partial charge on any atom is -0.507 e. The van der Waals surface area contributed by atoms with Crippen molar-refractivity contribution < 1.29 is 5.11 Å². The molecule has 1 aliphatic carbocycles. The Labute approximate surface area is 153 Å². The van der Waals surface area contributed by atoms with Gasteiger partial charge in [-0.25, -0.2) is 0 Å². The second kappa shape index (κ2) is 7.07. The largest absolute Gasteiger partial charge is 0.507 e. The number of phenolic OH excluding ortho intramolecular Hbond substituents is 1. The number of piperazine rings is 1. The highest BCUT2D eigenvalue weighted by Crippen LogP contribution is 2.32. The molecular weight excluding hydrogens is 326 g/mol. The van der Waals surface area contributed by atoms with Gasteiger partial charge < -0.3 is 20.6 Å². The minimum atomic E-state index is 0.194. The number of hydrogen-bond donors (Lipinski definition) is 2. The number of nitrogen functional groups attached to an aromatic ring is 1. The van der Waals surface area contributed by atoms with E-state index in [4.69, 9.17) is 5.73 Å². The predicted molar refractivity (Wildman–Crippen MR) is 104 cm³/mol. The highest BCUT2D eigenvalue weighted by molar-refractivity contribution is 5.74. The Morgan fingerprint density at radius 3 is 2.50 bits per heavy atom. The zero-order valence-electron chi connectivity index (χ0n) is 14.7. The number of para-hydroxylation sites is 1. The first-order valence-electron chi connectivity index (χ1n) is 8.99. The molecule has 0 amide bonds. The van der Waals surface area contributed by atoms with Crippen molar-refractivity contribution in [1.29, 1.82) is 0 Å². The molecule has 26 heavy (non-hydrogen) atoms. The summed E-state index contributed by atoms with van der Waals surface area (Å²) in [6, 6.07) is 9.07. The Bertz CT molecular complexity index is 853. The third-order valence-corrected chi connectivity index (χ3v) is 5.00. The van der Waals surface area contributed by atoms with E-state index in [1.807, 2.05) is 18.2 Å². The first kappa shape index (κ1) is 16.4. The molecule has 2 aliphatic rings. The molecule has 1 aromatic heterocycles. The smallest absolute Gasteiger partial charge is 0.169 e. The van der Waals surface area contributed by atoms with Crippen molar-refractivity contribution in [3.63, 3.8) is 0 Å². The summed E-state index contributed by atoms with van der Waals surface area (Å²) in [5.41, 5.74) is 9.71. The number of nitrogens with two attached hydrogens (primary N) is 1. The van der Waals surface area contributed by atoms with Crippen molar-refractivity contribution in [3.05, 3.63) is 54.3 Å². The van der Waals surface area contributed by atoms with Gasteiger partial charge in [0.2, 0.25) is 0 Å². The number of benzene rings is 1. The van der Waals surface area contributed by atoms with Crippen LogP contribution in [0.25, 0.3) is 11.3 Å². The predicted octanol–water partition coefficient (Wildman–Crippen LogP) is 2.79. The van der Waals surface area contributed by atoms with E-state index in [1.165, 1.54) is 5.70 Å². The van der Waals surface area contributed by atoms with Crippen LogP contribution in [0.3, 0.4) is 0 Å². The molecule has 6 heteroatoms. The maximum atomic E-state index is 10.1. The number of phenols is 1. The van der Waals surface area contributed by atoms with E-state index in [1.54, 1.807) is 12.1 Å². The van der Waals surface area contributed by atoms with E-state index >= 15 is 0 Å². The van der Waals surface area contributed by atoms with Gasteiger partial charge in [0.1, 0.15) is 5.75 Å². The van der Waals surface area contributed by atoms with Crippen molar-refractivity contribution in [2.75, 3.05) is 36.8 Å². The second-order valence-electron chi connectivity index (χ2n) is 6.62. The van der Waals surface area contributed by atoms with E-state index in [0.29, 0.717) is 17.1 Å². The maximum Gasteiger partial charge on any atom is 0.169 e. The second-order valence-corrected chi connectivity index (χ2v) is 6.62. The van der Waals surface area contributed by atoms with Crippen molar-refractivity contribution >= 4 is 11.5 Å². The summed E-state index contributed by atoms with van der Waals surface area (Å²) < 4.78 is 0. The minimum absolute atomic E-state index is 0.194. The fourth-order valence-electron chi connectivity index (χ4n) is 3.55. The first-order valence-corrected chi connectivity index (χ1v) is 8.99. The molecule has 2 aromatic rings. The summed E-state index contributed by atoms with van der Waals surface area (Å²) in [6.07, 6.45) is 8.82. The summed E-state index contributed by atoms with van der Waals surface area (Å²) in [6.45, 7) is 3.70. The van der Waals surface area contributed by atoms with Gasteiger partial charge in [-0.3, -0.25) is 0 Å². The zero-order chi connectivity index (χ0) is 17.9. The van der Waals surface area contributed by atoms with Gasteiger partial charge in [-0.1, -0.05) is 24.3 Å². The quantitative estimate of drug-likeness (QED) is 0.887. The third kappa shape index (κ3) is 3.22. The van der Waals surface area contributed by atoms with Crippen LogP contribution in [-0.4, -0.2) is 46.4 Å². The van der Waals surface area contributed by atoms with E-state index in [-0.39, 0.29) is 5.75 Å². The monoisotopic (exact) mass is 349 g/mol. The zero-order valence-corrected chi connectivity index (χ0v) is 14.7. The van der Waals surface area contributed by atoms with Crippen molar-refractivity contribution in [2.45, 2.75) is 12.8 Å². The number of aromatic hydroxyl groups is 1. The van der Waals surface area contributed by atoms with Gasteiger partial charge in [-0.2, -0.15) is 0 Å². The van der Waals surface area contributed by atoms with Crippen molar-refractivity contribution in [3.8, 4) is 17.0 Å².